The van der Waals surface area contributed by atoms with Crippen LogP contribution >= 0.6 is 0 Å². The van der Waals surface area contributed by atoms with E-state index in [1.165, 1.54) is 6.07 Å². The summed E-state index contributed by atoms with van der Waals surface area (Å²) in [6.07, 6.45) is -0.278. The van der Waals surface area contributed by atoms with Crippen molar-refractivity contribution in [2.24, 2.45) is 0 Å². The number of anilines is 1. The van der Waals surface area contributed by atoms with E-state index < -0.39 is 14.1 Å². The van der Waals surface area contributed by atoms with Crippen LogP contribution in [0.2, 0.25) is 18.1 Å². The van der Waals surface area contributed by atoms with Gasteiger partial charge in [-0.1, -0.05) is 26.8 Å². The molecule has 5 heteroatoms. The van der Waals surface area contributed by atoms with Crippen LogP contribution in [0, 0.1) is 5.82 Å². The molecule has 0 heterocycles. The van der Waals surface area contributed by atoms with Gasteiger partial charge in [-0.15, -0.1) is 0 Å². The Morgan fingerprint density at radius 2 is 1.90 bits per heavy atom. The first-order chi connectivity index (χ1) is 9.08. The predicted octanol–water partition coefficient (Wildman–Crippen LogP) is 4.12. The third-order valence-corrected chi connectivity index (χ3v) is 8.58. The first-order valence-corrected chi connectivity index (χ1v) is 9.71. The molecule has 114 valence electrons. The highest BCUT2D eigenvalue weighted by atomic mass is 28.4. The molecule has 0 fully saturated rings. The molecule has 0 aliphatic heterocycles. The zero-order valence-corrected chi connectivity index (χ0v) is 14.3. The SMILES string of the molecule is COC(CO[Si](C)(C)C(C)(C)C)c1ccc(N)c(F)c1. The normalized spacial score (nSPS) is 14.3. The minimum absolute atomic E-state index is 0.137. The van der Waals surface area contributed by atoms with E-state index >= 15 is 0 Å². The van der Waals surface area contributed by atoms with Crippen LogP contribution in [0.4, 0.5) is 10.1 Å². The van der Waals surface area contributed by atoms with Crippen molar-refractivity contribution >= 4 is 14.0 Å². The van der Waals surface area contributed by atoms with Crippen LogP contribution in [-0.4, -0.2) is 22.0 Å². The zero-order valence-electron chi connectivity index (χ0n) is 13.3. The molecule has 0 aliphatic rings. The molecule has 0 bridgehead atoms. The van der Waals surface area contributed by atoms with Crippen molar-refractivity contribution in [3.63, 3.8) is 0 Å². The molecule has 0 aliphatic carbocycles. The van der Waals surface area contributed by atoms with E-state index in [0.717, 1.165) is 5.56 Å². The van der Waals surface area contributed by atoms with Gasteiger partial charge >= 0.3 is 0 Å². The van der Waals surface area contributed by atoms with Gasteiger partial charge in [0.05, 0.1) is 12.3 Å². The van der Waals surface area contributed by atoms with Crippen LogP contribution in [0.1, 0.15) is 32.4 Å². The lowest BCUT2D eigenvalue weighted by Crippen LogP contribution is -2.41. The molecule has 2 N–H and O–H groups in total. The highest BCUT2D eigenvalue weighted by Gasteiger charge is 2.37. The lowest BCUT2D eigenvalue weighted by atomic mass is 10.1. The standard InChI is InChI=1S/C15H26FNO2Si/c1-15(2,3)20(5,6)19-10-14(18-4)11-7-8-13(17)12(16)9-11/h7-9,14H,10,17H2,1-6H3. The first kappa shape index (κ1) is 17.1. The predicted molar refractivity (Wildman–Crippen MR) is 83.7 cm³/mol. The number of hydrogen-bond acceptors (Lipinski definition) is 3. The summed E-state index contributed by atoms with van der Waals surface area (Å²) in [5, 5.41) is 0.137. The van der Waals surface area contributed by atoms with E-state index in [4.69, 9.17) is 14.9 Å². The quantitative estimate of drug-likeness (QED) is 0.657. The third-order valence-electron chi connectivity index (χ3n) is 4.08. The zero-order chi connectivity index (χ0) is 15.6. The Bertz CT molecular complexity index is 458. The lowest BCUT2D eigenvalue weighted by molar-refractivity contribution is 0.0523. The molecule has 0 aromatic heterocycles. The Balaban J connectivity index is 2.80. The summed E-state index contributed by atoms with van der Waals surface area (Å²) in [5.41, 5.74) is 6.39. The number of ether oxygens (including phenoxy) is 1. The monoisotopic (exact) mass is 299 g/mol. The van der Waals surface area contributed by atoms with E-state index in [-0.39, 0.29) is 16.8 Å². The van der Waals surface area contributed by atoms with Gasteiger partial charge in [0.25, 0.3) is 0 Å². The molecule has 0 saturated heterocycles. The summed E-state index contributed by atoms with van der Waals surface area (Å²) in [7, 11) is -0.235. The van der Waals surface area contributed by atoms with Crippen LogP contribution < -0.4 is 5.73 Å². The van der Waals surface area contributed by atoms with E-state index in [1.807, 2.05) is 0 Å². The average Bonchev–Trinajstić information content (AvgIpc) is 2.32. The largest absolute Gasteiger partial charge is 0.414 e. The summed E-state index contributed by atoms with van der Waals surface area (Å²) >= 11 is 0. The molecule has 0 amide bonds. The molecule has 1 rings (SSSR count). The van der Waals surface area contributed by atoms with Gasteiger partial charge in [-0.25, -0.2) is 4.39 Å². The van der Waals surface area contributed by atoms with Gasteiger partial charge in [-0.3, -0.25) is 0 Å². The fourth-order valence-corrected chi connectivity index (χ4v) is 2.55. The summed E-state index contributed by atoms with van der Waals surface area (Å²) < 4.78 is 25.1. The van der Waals surface area contributed by atoms with Crippen molar-refractivity contribution in [3.8, 4) is 0 Å². The van der Waals surface area contributed by atoms with Crippen LogP contribution in [0.25, 0.3) is 0 Å². The third kappa shape index (κ3) is 4.04. The smallest absolute Gasteiger partial charge is 0.192 e. The molecular weight excluding hydrogens is 273 g/mol. The maximum Gasteiger partial charge on any atom is 0.192 e. The van der Waals surface area contributed by atoms with Crippen molar-refractivity contribution < 1.29 is 13.6 Å². The maximum absolute atomic E-state index is 13.5. The fourth-order valence-electron chi connectivity index (χ4n) is 1.54. The van der Waals surface area contributed by atoms with Crippen molar-refractivity contribution in [1.29, 1.82) is 0 Å². The summed E-state index contributed by atoms with van der Waals surface area (Å²) in [6.45, 7) is 11.3. The van der Waals surface area contributed by atoms with E-state index in [1.54, 1.807) is 19.2 Å². The highest BCUT2D eigenvalue weighted by molar-refractivity contribution is 6.74. The molecule has 0 radical (unpaired) electrons. The molecule has 20 heavy (non-hydrogen) atoms. The molecule has 0 spiro atoms. The Labute approximate surface area is 122 Å². The van der Waals surface area contributed by atoms with Crippen LogP contribution in [0.3, 0.4) is 0 Å². The van der Waals surface area contributed by atoms with Gasteiger partial charge in [0.15, 0.2) is 8.32 Å². The number of hydrogen-bond donors (Lipinski definition) is 1. The number of halogens is 1. The van der Waals surface area contributed by atoms with E-state index in [0.29, 0.717) is 6.61 Å². The number of nitrogens with two attached hydrogens (primary N) is 1. The van der Waals surface area contributed by atoms with Gasteiger partial charge in [-0.2, -0.15) is 0 Å². The second-order valence-corrected chi connectivity index (χ2v) is 11.4. The van der Waals surface area contributed by atoms with E-state index in [2.05, 4.69) is 33.9 Å². The van der Waals surface area contributed by atoms with Crippen molar-refractivity contribution in [2.75, 3.05) is 19.5 Å². The first-order valence-electron chi connectivity index (χ1n) is 6.80. The topological polar surface area (TPSA) is 44.5 Å². The van der Waals surface area contributed by atoms with Crippen LogP contribution in [-0.2, 0) is 9.16 Å². The Morgan fingerprint density at radius 3 is 2.35 bits per heavy atom. The summed E-state index contributed by atoms with van der Waals surface area (Å²) in [4.78, 5) is 0. The highest BCUT2D eigenvalue weighted by Crippen LogP contribution is 2.37. The van der Waals surface area contributed by atoms with Gasteiger partial charge in [0, 0.05) is 7.11 Å². The van der Waals surface area contributed by atoms with Gasteiger partial charge < -0.3 is 14.9 Å². The molecule has 1 aromatic carbocycles. The number of methoxy groups -OCH3 is 1. The lowest BCUT2D eigenvalue weighted by Gasteiger charge is -2.37. The number of benzene rings is 1. The molecule has 1 atom stereocenters. The average molecular weight is 299 g/mol. The molecule has 1 unspecified atom stereocenters. The summed E-state index contributed by atoms with van der Waals surface area (Å²) in [6, 6.07) is 4.75. The molecule has 3 nitrogen and oxygen atoms in total. The maximum atomic E-state index is 13.5. The van der Waals surface area contributed by atoms with Gasteiger partial charge in [0.1, 0.15) is 11.9 Å². The number of rotatable bonds is 5. The fraction of sp³-hybridized carbons (Fsp3) is 0.600. The number of nitrogen functional groups attached to an aromatic ring is 1. The molecular formula is C15H26FNO2Si. The molecule has 0 saturated carbocycles. The minimum Gasteiger partial charge on any atom is -0.414 e. The van der Waals surface area contributed by atoms with Crippen molar-refractivity contribution in [1.82, 2.24) is 0 Å². The van der Waals surface area contributed by atoms with Gasteiger partial charge in [-0.05, 0) is 35.8 Å². The Hall–Kier alpha value is -0.913. The van der Waals surface area contributed by atoms with Crippen molar-refractivity contribution in [2.45, 2.75) is 45.0 Å². The van der Waals surface area contributed by atoms with Crippen LogP contribution in [0.15, 0.2) is 18.2 Å². The van der Waals surface area contributed by atoms with E-state index in [9.17, 15) is 4.39 Å². The molecule has 1 aromatic rings. The second kappa shape index (κ2) is 6.24. The Morgan fingerprint density at radius 1 is 1.30 bits per heavy atom. The Kier molecular flexibility index (Phi) is 5.35. The second-order valence-electron chi connectivity index (χ2n) is 6.58. The van der Waals surface area contributed by atoms with Crippen LogP contribution in [0.5, 0.6) is 0 Å². The summed E-state index contributed by atoms with van der Waals surface area (Å²) in [5.74, 6) is -0.420. The van der Waals surface area contributed by atoms with Crippen molar-refractivity contribution in [3.05, 3.63) is 29.6 Å². The minimum atomic E-state index is -1.84. The van der Waals surface area contributed by atoms with Gasteiger partial charge in [0.2, 0.25) is 0 Å².